The number of benzene rings is 1. The lowest BCUT2D eigenvalue weighted by Crippen LogP contribution is -2.41. The van der Waals surface area contributed by atoms with Gasteiger partial charge in [0, 0.05) is 13.6 Å². The van der Waals surface area contributed by atoms with E-state index in [1.54, 1.807) is 11.9 Å². The summed E-state index contributed by atoms with van der Waals surface area (Å²) in [4.78, 5) is 5.63. The quantitative estimate of drug-likeness (QED) is 0.473. The summed E-state index contributed by atoms with van der Waals surface area (Å²) in [7, 11) is 1.71. The Bertz CT molecular complexity index is 488. The van der Waals surface area contributed by atoms with Crippen molar-refractivity contribution >= 4 is 5.96 Å². The van der Waals surface area contributed by atoms with Gasteiger partial charge in [-0.25, -0.2) is 4.39 Å². The molecule has 1 rings (SSSR count). The third-order valence-electron chi connectivity index (χ3n) is 2.86. The molecule has 0 saturated heterocycles. The first-order chi connectivity index (χ1) is 10.8. The normalized spacial score (nSPS) is 12.2. The predicted octanol–water partition coefficient (Wildman–Crippen LogP) is 3.05. The number of hydrogen-bond donors (Lipinski definition) is 1. The van der Waals surface area contributed by atoms with Gasteiger partial charge in [-0.1, -0.05) is 0 Å². The molecular formula is C15H21F4N3O. The number of ether oxygens (including phenoxy) is 1. The maximum atomic E-state index is 12.8. The lowest BCUT2D eigenvalue weighted by Gasteiger charge is -2.22. The molecule has 130 valence electrons. The lowest BCUT2D eigenvalue weighted by molar-refractivity contribution is -0.132. The van der Waals surface area contributed by atoms with E-state index in [2.05, 4.69) is 10.3 Å². The molecule has 0 aliphatic rings. The van der Waals surface area contributed by atoms with Crippen LogP contribution in [0.2, 0.25) is 0 Å². The van der Waals surface area contributed by atoms with Gasteiger partial charge in [-0.15, -0.1) is 0 Å². The van der Waals surface area contributed by atoms with Crippen LogP contribution in [0, 0.1) is 5.82 Å². The molecule has 0 heterocycles. The molecule has 0 aliphatic heterocycles. The Morgan fingerprint density at radius 2 is 1.91 bits per heavy atom. The molecule has 0 radical (unpaired) electrons. The summed E-state index contributed by atoms with van der Waals surface area (Å²) in [6.07, 6.45) is -5.17. The Morgan fingerprint density at radius 3 is 2.48 bits per heavy atom. The van der Waals surface area contributed by atoms with Crippen LogP contribution in [0.1, 0.15) is 13.3 Å². The number of halogens is 4. The Hall–Kier alpha value is -1.99. The molecule has 4 nitrogen and oxygen atoms in total. The highest BCUT2D eigenvalue weighted by Crippen LogP contribution is 2.19. The van der Waals surface area contributed by atoms with Crippen LogP contribution in [0.15, 0.2) is 29.3 Å². The van der Waals surface area contributed by atoms with Crippen molar-refractivity contribution in [2.45, 2.75) is 19.5 Å². The van der Waals surface area contributed by atoms with Crippen LogP contribution in [-0.2, 0) is 0 Å². The van der Waals surface area contributed by atoms with Gasteiger partial charge in [-0.3, -0.25) is 4.99 Å². The molecule has 0 amide bonds. The van der Waals surface area contributed by atoms with Crippen LogP contribution in [0.25, 0.3) is 0 Å². The van der Waals surface area contributed by atoms with Crippen LogP contribution in [0.3, 0.4) is 0 Å². The molecule has 0 fully saturated rings. The number of nitrogens with zero attached hydrogens (tertiary/aromatic N) is 2. The van der Waals surface area contributed by atoms with E-state index in [4.69, 9.17) is 4.74 Å². The van der Waals surface area contributed by atoms with Gasteiger partial charge in [0.15, 0.2) is 5.96 Å². The Kier molecular flexibility index (Phi) is 7.64. The fraction of sp³-hybridized carbons (Fsp3) is 0.533. The Morgan fingerprint density at radius 1 is 1.26 bits per heavy atom. The summed E-state index contributed by atoms with van der Waals surface area (Å²) in [6.45, 7) is 2.78. The zero-order chi connectivity index (χ0) is 17.3. The van der Waals surface area contributed by atoms with E-state index in [0.29, 0.717) is 31.4 Å². The summed E-state index contributed by atoms with van der Waals surface area (Å²) in [5, 5.41) is 2.93. The van der Waals surface area contributed by atoms with E-state index in [0.717, 1.165) is 0 Å². The number of rotatable bonds is 7. The average Bonchev–Trinajstić information content (AvgIpc) is 2.47. The molecule has 0 aromatic heterocycles. The molecule has 23 heavy (non-hydrogen) atoms. The minimum atomic E-state index is -4.22. The van der Waals surface area contributed by atoms with Crippen molar-refractivity contribution < 1.29 is 22.3 Å². The summed E-state index contributed by atoms with van der Waals surface area (Å²) in [6, 6.07) is 5.61. The predicted molar refractivity (Wildman–Crippen MR) is 81.2 cm³/mol. The fourth-order valence-corrected chi connectivity index (χ4v) is 1.70. The second-order valence-corrected chi connectivity index (χ2v) is 4.82. The van der Waals surface area contributed by atoms with Gasteiger partial charge in [0.25, 0.3) is 0 Å². The number of likely N-dealkylation sites (N-methyl/N-ethyl adjacent to an activating group) is 1. The number of alkyl halides is 3. The minimum Gasteiger partial charge on any atom is -0.492 e. The number of hydrogen-bond acceptors (Lipinski definition) is 2. The van der Waals surface area contributed by atoms with Crippen molar-refractivity contribution in [2.24, 2.45) is 4.99 Å². The van der Waals surface area contributed by atoms with E-state index in [1.807, 2.05) is 6.92 Å². The molecule has 0 saturated carbocycles. The number of guanidine groups is 1. The highest BCUT2D eigenvalue weighted by molar-refractivity contribution is 5.79. The summed E-state index contributed by atoms with van der Waals surface area (Å²) in [5.74, 6) is 0.568. The average molecular weight is 335 g/mol. The monoisotopic (exact) mass is 335 g/mol. The SMILES string of the molecule is CCNC(=NCCC(F)(F)F)N(C)CCOc1ccc(F)cc1. The van der Waals surface area contributed by atoms with Crippen molar-refractivity contribution in [1.82, 2.24) is 10.2 Å². The Labute approximate surface area is 133 Å². The first-order valence-electron chi connectivity index (χ1n) is 7.26. The van der Waals surface area contributed by atoms with Crippen molar-refractivity contribution in [1.29, 1.82) is 0 Å². The molecular weight excluding hydrogens is 314 g/mol. The van der Waals surface area contributed by atoms with Gasteiger partial charge in [-0.2, -0.15) is 13.2 Å². The van der Waals surface area contributed by atoms with Gasteiger partial charge < -0.3 is 15.0 Å². The van der Waals surface area contributed by atoms with Crippen molar-refractivity contribution in [2.75, 3.05) is 33.3 Å². The highest BCUT2D eigenvalue weighted by Gasteiger charge is 2.26. The van der Waals surface area contributed by atoms with Gasteiger partial charge in [0.2, 0.25) is 0 Å². The highest BCUT2D eigenvalue weighted by atomic mass is 19.4. The number of nitrogens with one attached hydrogen (secondary N) is 1. The van der Waals surface area contributed by atoms with Crippen LogP contribution in [0.4, 0.5) is 17.6 Å². The maximum Gasteiger partial charge on any atom is 0.390 e. The molecule has 1 aromatic carbocycles. The topological polar surface area (TPSA) is 36.9 Å². The standard InChI is InChI=1S/C15H21F4N3O/c1-3-20-14(21-9-8-15(17,18)19)22(2)10-11-23-13-6-4-12(16)5-7-13/h4-7H,3,8-11H2,1-2H3,(H,20,21). The first kappa shape index (κ1) is 19.1. The van der Waals surface area contributed by atoms with E-state index in [-0.39, 0.29) is 12.4 Å². The second-order valence-electron chi connectivity index (χ2n) is 4.82. The van der Waals surface area contributed by atoms with Gasteiger partial charge in [0.05, 0.1) is 19.5 Å². The first-order valence-corrected chi connectivity index (χ1v) is 7.26. The molecule has 8 heteroatoms. The molecule has 1 N–H and O–H groups in total. The van der Waals surface area contributed by atoms with E-state index in [9.17, 15) is 17.6 Å². The zero-order valence-corrected chi connectivity index (χ0v) is 13.2. The largest absolute Gasteiger partial charge is 0.492 e. The molecule has 0 atom stereocenters. The molecule has 0 spiro atoms. The maximum absolute atomic E-state index is 12.8. The van der Waals surface area contributed by atoms with E-state index >= 15 is 0 Å². The van der Waals surface area contributed by atoms with E-state index < -0.39 is 12.6 Å². The summed E-state index contributed by atoms with van der Waals surface area (Å²) in [5.41, 5.74) is 0. The smallest absolute Gasteiger partial charge is 0.390 e. The zero-order valence-electron chi connectivity index (χ0n) is 13.2. The molecule has 0 aliphatic carbocycles. The van der Waals surface area contributed by atoms with E-state index in [1.165, 1.54) is 24.3 Å². The lowest BCUT2D eigenvalue weighted by atomic mass is 10.3. The molecule has 0 bridgehead atoms. The second kappa shape index (κ2) is 9.22. The minimum absolute atomic E-state index is 0.297. The summed E-state index contributed by atoms with van der Waals surface area (Å²) >= 11 is 0. The Balaban J connectivity index is 2.45. The van der Waals surface area contributed by atoms with Crippen molar-refractivity contribution in [3.8, 4) is 5.75 Å². The van der Waals surface area contributed by atoms with Crippen molar-refractivity contribution in [3.05, 3.63) is 30.1 Å². The van der Waals surface area contributed by atoms with Gasteiger partial charge >= 0.3 is 6.18 Å². The number of aliphatic imine (C=N–C) groups is 1. The van der Waals surface area contributed by atoms with Gasteiger partial charge in [-0.05, 0) is 31.2 Å². The summed E-state index contributed by atoms with van der Waals surface area (Å²) < 4.78 is 54.7. The third-order valence-corrected chi connectivity index (χ3v) is 2.86. The van der Waals surface area contributed by atoms with Crippen LogP contribution in [0.5, 0.6) is 5.75 Å². The molecule has 0 unspecified atom stereocenters. The third kappa shape index (κ3) is 8.27. The van der Waals surface area contributed by atoms with Crippen LogP contribution < -0.4 is 10.1 Å². The fourth-order valence-electron chi connectivity index (χ4n) is 1.70. The van der Waals surface area contributed by atoms with Gasteiger partial charge in [0.1, 0.15) is 18.2 Å². The molecule has 1 aromatic rings. The van der Waals surface area contributed by atoms with Crippen LogP contribution in [-0.4, -0.2) is 50.3 Å². The van der Waals surface area contributed by atoms with Crippen molar-refractivity contribution in [3.63, 3.8) is 0 Å². The van der Waals surface area contributed by atoms with Crippen LogP contribution >= 0.6 is 0 Å².